The Balaban J connectivity index is 3.67. The van der Waals surface area contributed by atoms with Gasteiger partial charge in [-0.25, -0.2) is 0 Å². The lowest BCUT2D eigenvalue weighted by atomic mass is 9.74. The lowest BCUT2D eigenvalue weighted by Gasteiger charge is -2.27. The summed E-state index contributed by atoms with van der Waals surface area (Å²) in [6.07, 6.45) is 55.0. The highest BCUT2D eigenvalue weighted by Crippen LogP contribution is 2.30. The van der Waals surface area contributed by atoms with Gasteiger partial charge in [-0.2, -0.15) is 0 Å². The molecule has 0 rings (SSSR count). The van der Waals surface area contributed by atoms with Crippen molar-refractivity contribution in [1.29, 1.82) is 0 Å². The quantitative estimate of drug-likeness (QED) is 0.0498. The number of ketones is 2. The maximum Gasteiger partial charge on any atom is 0.148 e. The minimum Gasteiger partial charge on any atom is -0.395 e. The predicted octanol–water partition coefficient (Wildman–Crippen LogP) is 16.9. The van der Waals surface area contributed by atoms with Crippen LogP contribution in [0.15, 0.2) is 0 Å². The zero-order valence-electron chi connectivity index (χ0n) is 36.9. The Hall–Kier alpha value is -0.700. The van der Waals surface area contributed by atoms with Gasteiger partial charge >= 0.3 is 0 Å². The van der Waals surface area contributed by atoms with E-state index < -0.39 is 5.41 Å². The van der Waals surface area contributed by atoms with Crippen LogP contribution in [-0.4, -0.2) is 23.3 Å². The molecule has 0 aliphatic heterocycles. The lowest BCUT2D eigenvalue weighted by molar-refractivity contribution is -0.144. The molecule has 0 saturated heterocycles. The van der Waals surface area contributed by atoms with E-state index in [1.54, 1.807) is 0 Å². The number of hydrogen-bond acceptors (Lipinski definition) is 3. The summed E-state index contributed by atoms with van der Waals surface area (Å²) in [6.45, 7) is 6.17. The monoisotopic (exact) mass is 747 g/mol. The second-order valence-electron chi connectivity index (χ2n) is 17.4. The average Bonchev–Trinajstić information content (AvgIpc) is 3.17. The molecule has 0 aliphatic rings. The van der Waals surface area contributed by atoms with Gasteiger partial charge in [0.1, 0.15) is 17.0 Å². The van der Waals surface area contributed by atoms with Crippen molar-refractivity contribution in [3.63, 3.8) is 0 Å². The van der Waals surface area contributed by atoms with Gasteiger partial charge in [0, 0.05) is 12.8 Å². The number of carbonyl (C=O) groups excluding carboxylic acids is 2. The minimum absolute atomic E-state index is 0.0110. The molecule has 53 heavy (non-hydrogen) atoms. The van der Waals surface area contributed by atoms with Crippen LogP contribution in [0.25, 0.3) is 0 Å². The fourth-order valence-electron chi connectivity index (χ4n) is 8.40. The van der Waals surface area contributed by atoms with Gasteiger partial charge in [-0.1, -0.05) is 265 Å². The zero-order valence-corrected chi connectivity index (χ0v) is 36.9. The number of hydrogen-bond donors (Lipinski definition) is 1. The molecule has 0 amide bonds. The number of carbonyl (C=O) groups is 2. The van der Waals surface area contributed by atoms with Crippen LogP contribution in [0.5, 0.6) is 0 Å². The van der Waals surface area contributed by atoms with Crippen LogP contribution < -0.4 is 0 Å². The molecule has 0 bridgehead atoms. The van der Waals surface area contributed by atoms with E-state index in [4.69, 9.17) is 0 Å². The van der Waals surface area contributed by atoms with Gasteiger partial charge in [-0.05, 0) is 19.3 Å². The summed E-state index contributed by atoms with van der Waals surface area (Å²) in [5, 5.41) is 10.2. The summed E-state index contributed by atoms with van der Waals surface area (Å²) in [5.74, 6) is -0.0221. The first-order valence-electron chi connectivity index (χ1n) is 24.8. The summed E-state index contributed by atoms with van der Waals surface area (Å²) >= 11 is 0. The van der Waals surface area contributed by atoms with Crippen LogP contribution in [0, 0.1) is 5.41 Å². The number of Topliss-reactive ketones (excluding diaryl/α,β-unsaturated/α-hetero) is 2. The maximum atomic E-state index is 13.2. The van der Waals surface area contributed by atoms with E-state index in [0.717, 1.165) is 25.7 Å². The Morgan fingerprint density at radius 1 is 0.302 bits per heavy atom. The molecular formula is C50H98O3. The van der Waals surface area contributed by atoms with Crippen molar-refractivity contribution in [2.45, 2.75) is 297 Å². The summed E-state index contributed by atoms with van der Waals surface area (Å²) in [6, 6.07) is 0. The first-order chi connectivity index (χ1) is 26.1. The molecule has 0 heterocycles. The molecular weight excluding hydrogens is 649 g/mol. The molecule has 0 aliphatic carbocycles. The molecule has 0 radical (unpaired) electrons. The third-order valence-corrected chi connectivity index (χ3v) is 12.5. The van der Waals surface area contributed by atoms with Gasteiger partial charge in [0.2, 0.25) is 0 Å². The normalized spacial score (nSPS) is 11.8. The maximum absolute atomic E-state index is 13.2. The number of rotatable bonds is 46. The summed E-state index contributed by atoms with van der Waals surface area (Å²) in [7, 11) is 0. The van der Waals surface area contributed by atoms with Crippen LogP contribution in [-0.2, 0) is 9.59 Å². The average molecular weight is 747 g/mol. The molecule has 0 aromatic rings. The van der Waals surface area contributed by atoms with E-state index in [1.165, 1.54) is 231 Å². The third-order valence-electron chi connectivity index (χ3n) is 12.5. The van der Waals surface area contributed by atoms with Crippen LogP contribution in [0.2, 0.25) is 0 Å². The van der Waals surface area contributed by atoms with Gasteiger partial charge in [0.25, 0.3) is 0 Å². The zero-order chi connectivity index (χ0) is 38.8. The van der Waals surface area contributed by atoms with Crippen molar-refractivity contribution >= 4 is 11.6 Å². The van der Waals surface area contributed by atoms with E-state index >= 15 is 0 Å². The summed E-state index contributed by atoms with van der Waals surface area (Å²) < 4.78 is 0. The molecule has 3 heteroatoms. The Kier molecular flexibility index (Phi) is 41.9. The Labute approximate surface area is 334 Å². The molecule has 0 unspecified atom stereocenters. The highest BCUT2D eigenvalue weighted by Gasteiger charge is 2.41. The smallest absolute Gasteiger partial charge is 0.148 e. The minimum atomic E-state index is -1.15. The van der Waals surface area contributed by atoms with Gasteiger partial charge in [-0.15, -0.1) is 0 Å². The first-order valence-corrected chi connectivity index (χ1v) is 24.8. The molecule has 0 fully saturated rings. The Morgan fingerprint density at radius 3 is 0.623 bits per heavy atom. The summed E-state index contributed by atoms with van der Waals surface area (Å²) in [4.78, 5) is 26.4. The van der Waals surface area contributed by atoms with E-state index in [1.807, 2.05) is 6.92 Å². The topological polar surface area (TPSA) is 54.4 Å². The van der Waals surface area contributed by atoms with Crippen molar-refractivity contribution < 1.29 is 14.7 Å². The van der Waals surface area contributed by atoms with Gasteiger partial charge in [0.15, 0.2) is 0 Å². The van der Waals surface area contributed by atoms with E-state index in [0.29, 0.717) is 19.3 Å². The number of aliphatic hydroxyl groups is 1. The molecule has 0 saturated carbocycles. The highest BCUT2D eigenvalue weighted by molar-refractivity contribution is 6.07. The van der Waals surface area contributed by atoms with E-state index in [2.05, 4.69) is 13.8 Å². The SMILES string of the molecule is CCCCCCCCCCCCCCCCCCCCCCC(=O)C(CC)(CO)C(=O)CCCCCCCCCCCCCCCCCCCCCC. The second-order valence-corrected chi connectivity index (χ2v) is 17.4. The van der Waals surface area contributed by atoms with Crippen molar-refractivity contribution in [2.75, 3.05) is 6.61 Å². The molecule has 3 nitrogen and oxygen atoms in total. The fourth-order valence-corrected chi connectivity index (χ4v) is 8.40. The number of aliphatic hydroxyl groups excluding tert-OH is 1. The van der Waals surface area contributed by atoms with Crippen LogP contribution in [0.3, 0.4) is 0 Å². The Morgan fingerprint density at radius 2 is 0.472 bits per heavy atom. The van der Waals surface area contributed by atoms with Gasteiger partial charge < -0.3 is 5.11 Å². The molecule has 0 atom stereocenters. The molecule has 0 aromatic carbocycles. The second kappa shape index (κ2) is 42.4. The van der Waals surface area contributed by atoms with E-state index in [-0.39, 0.29) is 18.2 Å². The van der Waals surface area contributed by atoms with Crippen LogP contribution >= 0.6 is 0 Å². The fraction of sp³-hybridized carbons (Fsp3) is 0.960. The molecule has 1 N–H and O–H groups in total. The third kappa shape index (κ3) is 33.2. The number of unbranched alkanes of at least 4 members (excludes halogenated alkanes) is 38. The van der Waals surface area contributed by atoms with Gasteiger partial charge in [0.05, 0.1) is 6.61 Å². The molecule has 316 valence electrons. The van der Waals surface area contributed by atoms with Crippen LogP contribution in [0.1, 0.15) is 297 Å². The summed E-state index contributed by atoms with van der Waals surface area (Å²) in [5.41, 5.74) is -1.15. The standard InChI is InChI=1S/C50H98O3/c1-4-7-9-11-13-15-17-19-21-23-25-27-29-31-33-35-37-39-41-43-45-48(52)50(6-3,47-51)49(53)46-44-42-40-38-36-34-32-30-28-26-24-22-20-18-16-14-12-10-8-5-2/h51H,4-47H2,1-3H3. The molecule has 0 spiro atoms. The Bertz CT molecular complexity index is 683. The lowest BCUT2D eigenvalue weighted by Crippen LogP contribution is -2.42. The van der Waals surface area contributed by atoms with Crippen molar-refractivity contribution in [1.82, 2.24) is 0 Å². The van der Waals surface area contributed by atoms with Crippen molar-refractivity contribution in [3.05, 3.63) is 0 Å². The van der Waals surface area contributed by atoms with Crippen LogP contribution in [0.4, 0.5) is 0 Å². The van der Waals surface area contributed by atoms with Crippen molar-refractivity contribution in [3.8, 4) is 0 Å². The van der Waals surface area contributed by atoms with E-state index in [9.17, 15) is 14.7 Å². The predicted molar refractivity (Wildman–Crippen MR) is 235 cm³/mol. The van der Waals surface area contributed by atoms with Gasteiger partial charge in [-0.3, -0.25) is 9.59 Å². The largest absolute Gasteiger partial charge is 0.395 e. The van der Waals surface area contributed by atoms with Crippen molar-refractivity contribution in [2.24, 2.45) is 5.41 Å². The highest BCUT2D eigenvalue weighted by atomic mass is 16.3. The first kappa shape index (κ1) is 52.3. The molecule has 0 aromatic heterocycles.